The molecule has 2 rings (SSSR count). The van der Waals surface area contributed by atoms with Gasteiger partial charge in [-0.2, -0.15) is 0 Å². The fraction of sp³-hybridized carbons (Fsp3) is 0.333. The van der Waals surface area contributed by atoms with Crippen LogP contribution in [0.3, 0.4) is 0 Å². The molecule has 0 amide bonds. The van der Waals surface area contributed by atoms with Crippen LogP contribution in [-0.4, -0.2) is 24.1 Å². The molecule has 0 aliphatic heterocycles. The number of nitrogens with zero attached hydrogens (tertiary/aromatic N) is 3. The first-order valence-corrected chi connectivity index (χ1v) is 6.93. The van der Waals surface area contributed by atoms with Crippen molar-refractivity contribution in [1.29, 1.82) is 0 Å². The summed E-state index contributed by atoms with van der Waals surface area (Å²) in [7, 11) is 3.59. The van der Waals surface area contributed by atoms with E-state index in [1.54, 1.807) is 13.2 Å². The molecule has 0 unspecified atom stereocenters. The fourth-order valence-electron chi connectivity index (χ4n) is 1.99. The van der Waals surface area contributed by atoms with Gasteiger partial charge in [0.2, 0.25) is 0 Å². The summed E-state index contributed by atoms with van der Waals surface area (Å²) in [5, 5.41) is 0.459. The topological polar surface area (TPSA) is 38.2 Å². The second-order valence-electron chi connectivity index (χ2n) is 4.45. The number of hydrogen-bond donors (Lipinski definition) is 0. The molecule has 106 valence electrons. The fourth-order valence-corrected chi connectivity index (χ4v) is 2.18. The highest BCUT2D eigenvalue weighted by atomic mass is 35.5. The number of ether oxygens (including phenoxy) is 1. The third kappa shape index (κ3) is 3.20. The van der Waals surface area contributed by atoms with E-state index in [0.717, 1.165) is 35.9 Å². The van der Waals surface area contributed by atoms with E-state index in [-0.39, 0.29) is 0 Å². The number of anilines is 2. The lowest BCUT2D eigenvalue weighted by molar-refractivity contribution is 0.415. The van der Waals surface area contributed by atoms with E-state index in [0.29, 0.717) is 5.15 Å². The summed E-state index contributed by atoms with van der Waals surface area (Å²) in [5.74, 6) is 2.32. The van der Waals surface area contributed by atoms with Crippen LogP contribution in [0.2, 0.25) is 5.15 Å². The number of methoxy groups -OCH3 is 1. The van der Waals surface area contributed by atoms with Gasteiger partial charge in [0.1, 0.15) is 22.5 Å². The molecule has 0 fully saturated rings. The van der Waals surface area contributed by atoms with Gasteiger partial charge in [-0.25, -0.2) is 9.97 Å². The minimum atomic E-state index is 0.459. The van der Waals surface area contributed by atoms with Crippen LogP contribution in [0.15, 0.2) is 30.3 Å². The van der Waals surface area contributed by atoms with Gasteiger partial charge in [0.15, 0.2) is 0 Å². The highest BCUT2D eigenvalue weighted by Gasteiger charge is 2.12. The Hall–Kier alpha value is -1.81. The van der Waals surface area contributed by atoms with Crippen molar-refractivity contribution in [1.82, 2.24) is 9.97 Å². The Morgan fingerprint density at radius 3 is 2.70 bits per heavy atom. The molecule has 20 heavy (non-hydrogen) atoms. The number of hydrogen-bond acceptors (Lipinski definition) is 4. The molecule has 1 aromatic heterocycles. The average Bonchev–Trinajstić information content (AvgIpc) is 2.46. The molecular weight excluding hydrogens is 274 g/mol. The second kappa shape index (κ2) is 6.57. The number of rotatable bonds is 5. The van der Waals surface area contributed by atoms with E-state index in [1.807, 2.05) is 36.2 Å². The lowest BCUT2D eigenvalue weighted by atomic mass is 10.2. The quantitative estimate of drug-likeness (QED) is 0.784. The summed E-state index contributed by atoms with van der Waals surface area (Å²) < 4.78 is 5.38. The van der Waals surface area contributed by atoms with E-state index in [9.17, 15) is 0 Å². The van der Waals surface area contributed by atoms with Gasteiger partial charge in [-0.05, 0) is 18.6 Å². The van der Waals surface area contributed by atoms with Crippen LogP contribution < -0.4 is 9.64 Å². The molecule has 0 spiro atoms. The van der Waals surface area contributed by atoms with E-state index in [4.69, 9.17) is 16.3 Å². The van der Waals surface area contributed by atoms with Gasteiger partial charge in [0.25, 0.3) is 0 Å². The monoisotopic (exact) mass is 291 g/mol. The Labute approximate surface area is 124 Å². The summed E-state index contributed by atoms with van der Waals surface area (Å²) in [6, 6.07) is 9.55. The zero-order valence-corrected chi connectivity index (χ0v) is 12.7. The van der Waals surface area contributed by atoms with Crippen LogP contribution in [-0.2, 0) is 6.42 Å². The zero-order chi connectivity index (χ0) is 14.5. The molecule has 4 nitrogen and oxygen atoms in total. The lowest BCUT2D eigenvalue weighted by Crippen LogP contribution is -2.14. The summed E-state index contributed by atoms with van der Waals surface area (Å²) in [4.78, 5) is 10.7. The molecule has 0 bridgehead atoms. The minimum absolute atomic E-state index is 0.459. The molecule has 1 aromatic carbocycles. The SMILES string of the molecule is CCCc1nc(Cl)cc(N(C)c2ccccc2OC)n1. The highest BCUT2D eigenvalue weighted by molar-refractivity contribution is 6.29. The third-order valence-corrected chi connectivity index (χ3v) is 3.19. The third-order valence-electron chi connectivity index (χ3n) is 2.99. The van der Waals surface area contributed by atoms with Crippen molar-refractivity contribution in [3.63, 3.8) is 0 Å². The molecule has 0 N–H and O–H groups in total. The smallest absolute Gasteiger partial charge is 0.142 e. The van der Waals surface area contributed by atoms with Crippen LogP contribution in [0.5, 0.6) is 5.75 Å². The van der Waals surface area contributed by atoms with Gasteiger partial charge in [-0.1, -0.05) is 30.7 Å². The second-order valence-corrected chi connectivity index (χ2v) is 4.83. The van der Waals surface area contributed by atoms with Crippen molar-refractivity contribution in [3.8, 4) is 5.75 Å². The van der Waals surface area contributed by atoms with Gasteiger partial charge in [-0.15, -0.1) is 0 Å². The molecule has 0 saturated carbocycles. The number of para-hydroxylation sites is 2. The first-order valence-electron chi connectivity index (χ1n) is 6.56. The van der Waals surface area contributed by atoms with Gasteiger partial charge >= 0.3 is 0 Å². The van der Waals surface area contributed by atoms with Crippen molar-refractivity contribution in [2.24, 2.45) is 0 Å². The van der Waals surface area contributed by atoms with E-state index in [1.165, 1.54) is 0 Å². The summed E-state index contributed by atoms with van der Waals surface area (Å²) in [6.45, 7) is 2.09. The predicted molar refractivity (Wildman–Crippen MR) is 82.1 cm³/mol. The van der Waals surface area contributed by atoms with E-state index < -0.39 is 0 Å². The maximum absolute atomic E-state index is 6.08. The van der Waals surface area contributed by atoms with Crippen LogP contribution in [0.25, 0.3) is 0 Å². The van der Waals surface area contributed by atoms with Gasteiger partial charge < -0.3 is 9.64 Å². The molecule has 0 aliphatic rings. The van der Waals surface area contributed by atoms with Crippen LogP contribution in [0.4, 0.5) is 11.5 Å². The average molecular weight is 292 g/mol. The minimum Gasteiger partial charge on any atom is -0.495 e. The molecule has 0 aliphatic carbocycles. The van der Waals surface area contributed by atoms with Crippen LogP contribution in [0, 0.1) is 0 Å². The summed E-state index contributed by atoms with van der Waals surface area (Å²) in [5.41, 5.74) is 0.937. The lowest BCUT2D eigenvalue weighted by Gasteiger charge is -2.21. The van der Waals surface area contributed by atoms with Crippen LogP contribution >= 0.6 is 11.6 Å². The van der Waals surface area contributed by atoms with Crippen molar-refractivity contribution in [3.05, 3.63) is 41.3 Å². The Kier molecular flexibility index (Phi) is 4.79. The van der Waals surface area contributed by atoms with Crippen molar-refractivity contribution in [2.45, 2.75) is 19.8 Å². The predicted octanol–water partition coefficient (Wildman–Crippen LogP) is 3.86. The van der Waals surface area contributed by atoms with Gasteiger partial charge in [0, 0.05) is 19.5 Å². The van der Waals surface area contributed by atoms with Crippen molar-refractivity contribution in [2.75, 3.05) is 19.1 Å². The number of benzene rings is 1. The Morgan fingerprint density at radius 2 is 2.00 bits per heavy atom. The Bertz CT molecular complexity index is 589. The number of aryl methyl sites for hydroxylation is 1. The standard InChI is InChI=1S/C15H18ClN3O/c1-4-7-14-17-13(16)10-15(18-14)19(2)11-8-5-6-9-12(11)20-3/h5-6,8-10H,4,7H2,1-3H3. The Morgan fingerprint density at radius 1 is 1.25 bits per heavy atom. The molecule has 5 heteroatoms. The largest absolute Gasteiger partial charge is 0.495 e. The van der Waals surface area contributed by atoms with Gasteiger partial charge in [0.05, 0.1) is 12.8 Å². The van der Waals surface area contributed by atoms with Gasteiger partial charge in [-0.3, -0.25) is 0 Å². The maximum atomic E-state index is 6.08. The normalized spacial score (nSPS) is 10.4. The first-order chi connectivity index (χ1) is 9.65. The summed E-state index contributed by atoms with van der Waals surface area (Å²) in [6.07, 6.45) is 1.80. The molecule has 0 saturated heterocycles. The molecular formula is C15H18ClN3O. The Balaban J connectivity index is 2.39. The maximum Gasteiger partial charge on any atom is 0.142 e. The molecule has 0 atom stereocenters. The highest BCUT2D eigenvalue weighted by Crippen LogP contribution is 2.31. The van der Waals surface area contributed by atoms with E-state index >= 15 is 0 Å². The molecule has 1 heterocycles. The van der Waals surface area contributed by atoms with Crippen LogP contribution in [0.1, 0.15) is 19.2 Å². The summed E-state index contributed by atoms with van der Waals surface area (Å²) >= 11 is 6.08. The number of halogens is 1. The van der Waals surface area contributed by atoms with E-state index in [2.05, 4.69) is 16.9 Å². The van der Waals surface area contributed by atoms with Crippen molar-refractivity contribution < 1.29 is 4.74 Å². The number of aromatic nitrogens is 2. The first kappa shape index (κ1) is 14.6. The molecule has 2 aromatic rings. The molecule has 0 radical (unpaired) electrons. The van der Waals surface area contributed by atoms with Crippen molar-refractivity contribution >= 4 is 23.1 Å². The zero-order valence-electron chi connectivity index (χ0n) is 11.9.